The zero-order valence-electron chi connectivity index (χ0n) is 10.8. The molecule has 0 radical (unpaired) electrons. The zero-order valence-corrected chi connectivity index (χ0v) is 10.8. The van der Waals surface area contributed by atoms with E-state index < -0.39 is 0 Å². The minimum absolute atomic E-state index is 0.426. The standard InChI is InChI=1S/C14H22N2O/c1-11-8-12(5-6-14(11)15)9-16(2)10-13-4-3-7-17-13/h5-6,8,13H,3-4,7,9-10,15H2,1-2H3. The van der Waals surface area contributed by atoms with Crippen molar-refractivity contribution < 1.29 is 4.74 Å². The van der Waals surface area contributed by atoms with Crippen LogP contribution >= 0.6 is 0 Å². The molecule has 3 nitrogen and oxygen atoms in total. The summed E-state index contributed by atoms with van der Waals surface area (Å²) in [7, 11) is 2.15. The van der Waals surface area contributed by atoms with Crippen LogP contribution in [0.15, 0.2) is 18.2 Å². The summed E-state index contributed by atoms with van der Waals surface area (Å²) in [6, 6.07) is 6.26. The minimum Gasteiger partial charge on any atom is -0.399 e. The highest BCUT2D eigenvalue weighted by Gasteiger charge is 2.17. The summed E-state index contributed by atoms with van der Waals surface area (Å²) in [5, 5.41) is 0. The van der Waals surface area contributed by atoms with Crippen molar-refractivity contribution in [1.29, 1.82) is 0 Å². The Morgan fingerprint density at radius 2 is 2.29 bits per heavy atom. The largest absolute Gasteiger partial charge is 0.399 e. The molecule has 0 spiro atoms. The summed E-state index contributed by atoms with van der Waals surface area (Å²) in [5.41, 5.74) is 9.17. The van der Waals surface area contributed by atoms with Gasteiger partial charge in [0.1, 0.15) is 0 Å². The van der Waals surface area contributed by atoms with Crippen molar-refractivity contribution in [3.63, 3.8) is 0 Å². The second-order valence-corrected chi connectivity index (χ2v) is 5.02. The van der Waals surface area contributed by atoms with Gasteiger partial charge in [0.25, 0.3) is 0 Å². The Labute approximate surface area is 104 Å². The lowest BCUT2D eigenvalue weighted by molar-refractivity contribution is 0.0793. The molecule has 2 N–H and O–H groups in total. The van der Waals surface area contributed by atoms with E-state index in [0.717, 1.165) is 30.9 Å². The van der Waals surface area contributed by atoms with Crippen LogP contribution < -0.4 is 5.73 Å². The Bertz CT molecular complexity index is 372. The Morgan fingerprint density at radius 3 is 2.94 bits per heavy atom. The SMILES string of the molecule is Cc1cc(CN(C)CC2CCCO2)ccc1N. The highest BCUT2D eigenvalue weighted by molar-refractivity contribution is 5.47. The number of ether oxygens (including phenoxy) is 1. The molecule has 0 amide bonds. The minimum atomic E-state index is 0.426. The van der Waals surface area contributed by atoms with E-state index >= 15 is 0 Å². The third-order valence-corrected chi connectivity index (χ3v) is 3.33. The van der Waals surface area contributed by atoms with Crippen LogP contribution in [0.25, 0.3) is 0 Å². The van der Waals surface area contributed by atoms with Gasteiger partial charge in [0.2, 0.25) is 0 Å². The molecule has 1 aliphatic heterocycles. The number of nitrogens with zero attached hydrogens (tertiary/aromatic N) is 1. The van der Waals surface area contributed by atoms with Crippen molar-refractivity contribution in [1.82, 2.24) is 4.90 Å². The van der Waals surface area contributed by atoms with Gasteiger partial charge in [-0.3, -0.25) is 4.90 Å². The number of hydrogen-bond donors (Lipinski definition) is 1. The molecule has 1 fully saturated rings. The third-order valence-electron chi connectivity index (χ3n) is 3.33. The second-order valence-electron chi connectivity index (χ2n) is 5.02. The molecular formula is C14H22N2O. The first-order valence-electron chi connectivity index (χ1n) is 6.30. The smallest absolute Gasteiger partial charge is 0.0702 e. The van der Waals surface area contributed by atoms with Gasteiger partial charge in [-0.05, 0) is 44.0 Å². The van der Waals surface area contributed by atoms with Gasteiger partial charge in [-0.15, -0.1) is 0 Å². The molecule has 94 valence electrons. The fourth-order valence-electron chi connectivity index (χ4n) is 2.35. The Kier molecular flexibility index (Phi) is 4.02. The maximum atomic E-state index is 5.82. The molecule has 17 heavy (non-hydrogen) atoms. The molecule has 2 rings (SSSR count). The zero-order chi connectivity index (χ0) is 12.3. The molecular weight excluding hydrogens is 212 g/mol. The van der Waals surface area contributed by atoms with Crippen LogP contribution in [0.4, 0.5) is 5.69 Å². The number of rotatable bonds is 4. The van der Waals surface area contributed by atoms with Gasteiger partial charge >= 0.3 is 0 Å². The summed E-state index contributed by atoms with van der Waals surface area (Å²) in [4.78, 5) is 2.32. The van der Waals surface area contributed by atoms with E-state index in [-0.39, 0.29) is 0 Å². The lowest BCUT2D eigenvalue weighted by atomic mass is 10.1. The second kappa shape index (κ2) is 5.52. The molecule has 1 unspecified atom stereocenters. The van der Waals surface area contributed by atoms with Gasteiger partial charge in [0.05, 0.1) is 6.10 Å². The maximum absolute atomic E-state index is 5.82. The number of benzene rings is 1. The van der Waals surface area contributed by atoms with Gasteiger partial charge < -0.3 is 10.5 Å². The molecule has 1 aromatic carbocycles. The molecule has 1 aromatic rings. The van der Waals surface area contributed by atoms with Crippen molar-refractivity contribution in [3.05, 3.63) is 29.3 Å². The molecule has 1 atom stereocenters. The molecule has 1 saturated heterocycles. The van der Waals surface area contributed by atoms with Crippen LogP contribution in [0, 0.1) is 6.92 Å². The molecule has 3 heteroatoms. The summed E-state index contributed by atoms with van der Waals surface area (Å²) in [5.74, 6) is 0. The first-order valence-corrected chi connectivity index (χ1v) is 6.30. The average Bonchev–Trinajstić information content (AvgIpc) is 2.76. The molecule has 0 aliphatic carbocycles. The number of nitrogen functional groups attached to an aromatic ring is 1. The summed E-state index contributed by atoms with van der Waals surface area (Å²) in [6.07, 6.45) is 2.83. The summed E-state index contributed by atoms with van der Waals surface area (Å²) >= 11 is 0. The van der Waals surface area contributed by atoms with Crippen molar-refractivity contribution in [2.45, 2.75) is 32.4 Å². The number of anilines is 1. The van der Waals surface area contributed by atoms with E-state index in [1.165, 1.54) is 18.4 Å². The molecule has 0 aromatic heterocycles. The third kappa shape index (κ3) is 3.45. The topological polar surface area (TPSA) is 38.5 Å². The summed E-state index contributed by atoms with van der Waals surface area (Å²) in [6.45, 7) is 4.96. The van der Waals surface area contributed by atoms with E-state index in [0.29, 0.717) is 6.10 Å². The van der Waals surface area contributed by atoms with Crippen LogP contribution in [0.3, 0.4) is 0 Å². The van der Waals surface area contributed by atoms with Crippen molar-refractivity contribution in [3.8, 4) is 0 Å². The van der Waals surface area contributed by atoms with E-state index in [1.807, 2.05) is 6.07 Å². The molecule has 1 aliphatic rings. The van der Waals surface area contributed by atoms with E-state index in [4.69, 9.17) is 10.5 Å². The quantitative estimate of drug-likeness (QED) is 0.812. The number of aryl methyl sites for hydroxylation is 1. The van der Waals surface area contributed by atoms with Crippen LogP contribution in [0.1, 0.15) is 24.0 Å². The van der Waals surface area contributed by atoms with Crippen molar-refractivity contribution >= 4 is 5.69 Å². The molecule has 0 bridgehead atoms. The number of nitrogens with two attached hydrogens (primary N) is 1. The average molecular weight is 234 g/mol. The normalized spacial score (nSPS) is 20.1. The van der Waals surface area contributed by atoms with Gasteiger partial charge in [-0.25, -0.2) is 0 Å². The van der Waals surface area contributed by atoms with Gasteiger partial charge in [-0.2, -0.15) is 0 Å². The van der Waals surface area contributed by atoms with Gasteiger partial charge in [-0.1, -0.05) is 12.1 Å². The lowest BCUT2D eigenvalue weighted by Gasteiger charge is -2.20. The van der Waals surface area contributed by atoms with Gasteiger partial charge in [0.15, 0.2) is 0 Å². The number of hydrogen-bond acceptors (Lipinski definition) is 3. The summed E-state index contributed by atoms with van der Waals surface area (Å²) < 4.78 is 5.64. The Morgan fingerprint density at radius 1 is 1.47 bits per heavy atom. The maximum Gasteiger partial charge on any atom is 0.0702 e. The predicted octanol–water partition coefficient (Wildman–Crippen LogP) is 2.19. The molecule has 0 saturated carbocycles. The monoisotopic (exact) mass is 234 g/mol. The van der Waals surface area contributed by atoms with E-state index in [1.54, 1.807) is 0 Å². The molecule has 1 heterocycles. The van der Waals surface area contributed by atoms with Crippen molar-refractivity contribution in [2.75, 3.05) is 25.9 Å². The fraction of sp³-hybridized carbons (Fsp3) is 0.571. The van der Waals surface area contributed by atoms with Gasteiger partial charge in [0, 0.05) is 25.4 Å². The van der Waals surface area contributed by atoms with Crippen LogP contribution in [-0.2, 0) is 11.3 Å². The lowest BCUT2D eigenvalue weighted by Crippen LogP contribution is -2.28. The highest BCUT2D eigenvalue weighted by Crippen LogP contribution is 2.16. The Balaban J connectivity index is 1.88. The first kappa shape index (κ1) is 12.4. The van der Waals surface area contributed by atoms with E-state index in [9.17, 15) is 0 Å². The Hall–Kier alpha value is -1.06. The number of likely N-dealkylation sites (N-methyl/N-ethyl adjacent to an activating group) is 1. The fourth-order valence-corrected chi connectivity index (χ4v) is 2.35. The van der Waals surface area contributed by atoms with Crippen LogP contribution in [-0.4, -0.2) is 31.2 Å². The van der Waals surface area contributed by atoms with Crippen LogP contribution in [0.2, 0.25) is 0 Å². The first-order chi connectivity index (χ1) is 8.15. The van der Waals surface area contributed by atoms with E-state index in [2.05, 4.69) is 31.0 Å². The van der Waals surface area contributed by atoms with Crippen LogP contribution in [0.5, 0.6) is 0 Å². The highest BCUT2D eigenvalue weighted by atomic mass is 16.5. The van der Waals surface area contributed by atoms with Crippen molar-refractivity contribution in [2.24, 2.45) is 0 Å². The predicted molar refractivity (Wildman–Crippen MR) is 70.9 cm³/mol.